The molecule has 24 heavy (non-hydrogen) atoms. The lowest BCUT2D eigenvalue weighted by Gasteiger charge is -2.32. The molecule has 3 rings (SSSR count). The van der Waals surface area contributed by atoms with Crippen molar-refractivity contribution in [2.24, 2.45) is 5.92 Å². The standard InChI is InChI=1S/C19H29N3O2/c1-21(2)11-12-22-9-7-15(8-10-22)14-20-19(23)18-13-16-5-3-4-6-17(16)24-18/h3-6,15,18H,7-14H2,1-2H3,(H,20,23). The maximum Gasteiger partial charge on any atom is 0.261 e. The van der Waals surface area contributed by atoms with E-state index in [1.165, 1.54) is 12.8 Å². The first kappa shape index (κ1) is 17.2. The Balaban J connectivity index is 1.36. The molecule has 0 aromatic heterocycles. The van der Waals surface area contributed by atoms with E-state index in [0.717, 1.165) is 44.0 Å². The number of hydrogen-bond acceptors (Lipinski definition) is 4. The van der Waals surface area contributed by atoms with Crippen LogP contribution in [0, 0.1) is 5.92 Å². The molecule has 5 heteroatoms. The predicted molar refractivity (Wildman–Crippen MR) is 95.3 cm³/mol. The third-order valence-corrected chi connectivity index (χ3v) is 5.08. The number of amides is 1. The van der Waals surface area contributed by atoms with Crippen LogP contribution in [0.1, 0.15) is 18.4 Å². The second-order valence-electron chi connectivity index (χ2n) is 7.25. The second-order valence-corrected chi connectivity index (χ2v) is 7.25. The number of para-hydroxylation sites is 1. The van der Waals surface area contributed by atoms with Gasteiger partial charge < -0.3 is 19.9 Å². The zero-order chi connectivity index (χ0) is 16.9. The Hall–Kier alpha value is -1.59. The number of hydrogen-bond donors (Lipinski definition) is 1. The Morgan fingerprint density at radius 1 is 1.29 bits per heavy atom. The Morgan fingerprint density at radius 3 is 2.75 bits per heavy atom. The minimum Gasteiger partial charge on any atom is -0.480 e. The van der Waals surface area contributed by atoms with Crippen LogP contribution in [-0.2, 0) is 11.2 Å². The van der Waals surface area contributed by atoms with Gasteiger partial charge in [0.2, 0.25) is 0 Å². The molecule has 0 bridgehead atoms. The lowest BCUT2D eigenvalue weighted by Crippen LogP contribution is -2.43. The molecule has 2 heterocycles. The highest BCUT2D eigenvalue weighted by Gasteiger charge is 2.29. The van der Waals surface area contributed by atoms with Gasteiger partial charge in [0.05, 0.1) is 0 Å². The smallest absolute Gasteiger partial charge is 0.261 e. The molecule has 132 valence electrons. The van der Waals surface area contributed by atoms with Crippen LogP contribution in [0.2, 0.25) is 0 Å². The van der Waals surface area contributed by atoms with Gasteiger partial charge in [-0.1, -0.05) is 18.2 Å². The number of nitrogens with one attached hydrogen (secondary N) is 1. The summed E-state index contributed by atoms with van der Waals surface area (Å²) in [6, 6.07) is 7.91. The van der Waals surface area contributed by atoms with E-state index >= 15 is 0 Å². The van der Waals surface area contributed by atoms with E-state index < -0.39 is 0 Å². The molecule has 1 N–H and O–H groups in total. The third-order valence-electron chi connectivity index (χ3n) is 5.08. The van der Waals surface area contributed by atoms with Gasteiger partial charge in [-0.15, -0.1) is 0 Å². The van der Waals surface area contributed by atoms with Crippen LogP contribution in [0.5, 0.6) is 5.75 Å². The summed E-state index contributed by atoms with van der Waals surface area (Å²) in [7, 11) is 4.23. The predicted octanol–water partition coefficient (Wildman–Crippen LogP) is 1.38. The number of likely N-dealkylation sites (tertiary alicyclic amines) is 1. The minimum atomic E-state index is -0.359. The number of nitrogens with zero attached hydrogens (tertiary/aromatic N) is 2. The summed E-state index contributed by atoms with van der Waals surface area (Å²) in [6.07, 6.45) is 2.66. The van der Waals surface area contributed by atoms with Crippen molar-refractivity contribution in [3.63, 3.8) is 0 Å². The third kappa shape index (κ3) is 4.48. The number of piperidine rings is 1. The number of rotatable bonds is 6. The van der Waals surface area contributed by atoms with Crippen molar-refractivity contribution in [3.05, 3.63) is 29.8 Å². The second kappa shape index (κ2) is 7.99. The Labute approximate surface area is 145 Å². The van der Waals surface area contributed by atoms with Gasteiger partial charge in [0.1, 0.15) is 5.75 Å². The van der Waals surface area contributed by atoms with E-state index in [4.69, 9.17) is 4.74 Å². The molecule has 1 fully saturated rings. The summed E-state index contributed by atoms with van der Waals surface area (Å²) in [4.78, 5) is 17.1. The molecule has 1 saturated heterocycles. The fraction of sp³-hybridized carbons (Fsp3) is 0.632. The zero-order valence-electron chi connectivity index (χ0n) is 14.8. The van der Waals surface area contributed by atoms with Crippen LogP contribution in [0.15, 0.2) is 24.3 Å². The lowest BCUT2D eigenvalue weighted by molar-refractivity contribution is -0.127. The first-order valence-electron chi connectivity index (χ1n) is 9.01. The summed E-state index contributed by atoms with van der Waals surface area (Å²) in [5.41, 5.74) is 1.13. The molecule has 1 amide bonds. The molecule has 1 aromatic carbocycles. The van der Waals surface area contributed by atoms with Crippen molar-refractivity contribution in [2.75, 3.05) is 46.8 Å². The van der Waals surface area contributed by atoms with Crippen LogP contribution >= 0.6 is 0 Å². The first-order valence-corrected chi connectivity index (χ1v) is 9.01. The van der Waals surface area contributed by atoms with Crippen LogP contribution in [0.3, 0.4) is 0 Å². The van der Waals surface area contributed by atoms with E-state index in [9.17, 15) is 4.79 Å². The average Bonchev–Trinajstić information content (AvgIpc) is 3.03. The van der Waals surface area contributed by atoms with Gasteiger partial charge in [-0.25, -0.2) is 0 Å². The quantitative estimate of drug-likeness (QED) is 0.855. The highest BCUT2D eigenvalue weighted by Crippen LogP contribution is 2.28. The van der Waals surface area contributed by atoms with Crippen molar-refractivity contribution >= 4 is 5.91 Å². The van der Waals surface area contributed by atoms with E-state index in [-0.39, 0.29) is 12.0 Å². The average molecular weight is 331 g/mol. The summed E-state index contributed by atoms with van der Waals surface area (Å²) in [5, 5.41) is 3.10. The van der Waals surface area contributed by atoms with Crippen LogP contribution in [-0.4, -0.2) is 68.6 Å². The minimum absolute atomic E-state index is 0.0289. The largest absolute Gasteiger partial charge is 0.480 e. The topological polar surface area (TPSA) is 44.8 Å². The summed E-state index contributed by atoms with van der Waals surface area (Å²) < 4.78 is 5.76. The van der Waals surface area contributed by atoms with Gasteiger partial charge >= 0.3 is 0 Å². The number of likely N-dealkylation sites (N-methyl/N-ethyl adjacent to an activating group) is 1. The van der Waals surface area contributed by atoms with Gasteiger partial charge in [0.25, 0.3) is 5.91 Å². The van der Waals surface area contributed by atoms with Gasteiger partial charge in [0, 0.05) is 26.1 Å². The highest BCUT2D eigenvalue weighted by molar-refractivity contribution is 5.82. The fourth-order valence-electron chi connectivity index (χ4n) is 3.44. The van der Waals surface area contributed by atoms with E-state index in [2.05, 4.69) is 29.2 Å². The van der Waals surface area contributed by atoms with Gasteiger partial charge in [-0.3, -0.25) is 4.79 Å². The van der Waals surface area contributed by atoms with Gasteiger partial charge in [-0.2, -0.15) is 0 Å². The van der Waals surface area contributed by atoms with Crippen molar-refractivity contribution < 1.29 is 9.53 Å². The Bertz CT molecular complexity index is 528. The van der Waals surface area contributed by atoms with Crippen molar-refractivity contribution in [1.82, 2.24) is 15.1 Å². The fourth-order valence-corrected chi connectivity index (χ4v) is 3.44. The molecule has 0 radical (unpaired) electrons. The zero-order valence-corrected chi connectivity index (χ0v) is 14.8. The lowest BCUT2D eigenvalue weighted by atomic mass is 9.96. The van der Waals surface area contributed by atoms with E-state index in [0.29, 0.717) is 12.3 Å². The Kier molecular flexibility index (Phi) is 5.74. The number of ether oxygens (including phenoxy) is 1. The molecule has 2 aliphatic rings. The van der Waals surface area contributed by atoms with E-state index in [1.54, 1.807) is 0 Å². The normalized spacial score (nSPS) is 21.5. The summed E-state index contributed by atoms with van der Waals surface area (Å²) >= 11 is 0. The molecule has 1 aromatic rings. The SMILES string of the molecule is CN(C)CCN1CCC(CNC(=O)C2Cc3ccccc3O2)CC1. The maximum atomic E-state index is 12.3. The number of carbonyl (C=O) groups is 1. The highest BCUT2D eigenvalue weighted by atomic mass is 16.5. The van der Waals surface area contributed by atoms with Crippen LogP contribution < -0.4 is 10.1 Å². The molecule has 0 aliphatic carbocycles. The van der Waals surface area contributed by atoms with Crippen molar-refractivity contribution in [3.8, 4) is 5.75 Å². The first-order chi connectivity index (χ1) is 11.6. The monoisotopic (exact) mass is 331 g/mol. The summed E-state index contributed by atoms with van der Waals surface area (Å²) in [5.74, 6) is 1.47. The molecule has 5 nitrogen and oxygen atoms in total. The van der Waals surface area contributed by atoms with E-state index in [1.807, 2.05) is 24.3 Å². The number of benzene rings is 1. The molecule has 0 saturated carbocycles. The molecular weight excluding hydrogens is 302 g/mol. The number of fused-ring (bicyclic) bond motifs is 1. The van der Waals surface area contributed by atoms with Gasteiger partial charge in [-0.05, 0) is 57.6 Å². The van der Waals surface area contributed by atoms with Gasteiger partial charge in [0.15, 0.2) is 6.10 Å². The van der Waals surface area contributed by atoms with Crippen molar-refractivity contribution in [2.45, 2.75) is 25.4 Å². The van der Waals surface area contributed by atoms with Crippen molar-refractivity contribution in [1.29, 1.82) is 0 Å². The molecule has 1 unspecified atom stereocenters. The molecule has 0 spiro atoms. The number of carbonyl (C=O) groups excluding carboxylic acids is 1. The molecular formula is C19H29N3O2. The molecule has 1 atom stereocenters. The Morgan fingerprint density at radius 2 is 2.04 bits per heavy atom. The summed E-state index contributed by atoms with van der Waals surface area (Å²) in [6.45, 7) is 5.30. The maximum absolute atomic E-state index is 12.3. The molecule has 2 aliphatic heterocycles. The van der Waals surface area contributed by atoms with Crippen LogP contribution in [0.25, 0.3) is 0 Å². The van der Waals surface area contributed by atoms with Crippen LogP contribution in [0.4, 0.5) is 0 Å².